The van der Waals surface area contributed by atoms with E-state index in [9.17, 15) is 4.79 Å². The van der Waals surface area contributed by atoms with Gasteiger partial charge in [-0.25, -0.2) is 0 Å². The van der Waals surface area contributed by atoms with E-state index in [1.807, 2.05) is 6.92 Å². The number of aliphatic carboxylic acids is 1. The number of carboxylic acid groups (broad SMARTS) is 1. The summed E-state index contributed by atoms with van der Waals surface area (Å²) >= 11 is 0. The zero-order valence-corrected chi connectivity index (χ0v) is 9.55. The third-order valence-electron chi connectivity index (χ3n) is 3.64. The van der Waals surface area contributed by atoms with E-state index in [1.54, 1.807) is 0 Å². The maximum absolute atomic E-state index is 10.9. The van der Waals surface area contributed by atoms with Crippen LogP contribution in [0.2, 0.25) is 0 Å². The number of unbranched alkanes of at least 4 members (excludes halogenated alkanes) is 1. The highest BCUT2D eigenvalue weighted by atomic mass is 16.4. The monoisotopic (exact) mass is 198 g/mol. The summed E-state index contributed by atoms with van der Waals surface area (Å²) in [7, 11) is 0. The van der Waals surface area contributed by atoms with Crippen molar-refractivity contribution >= 4 is 5.97 Å². The summed E-state index contributed by atoms with van der Waals surface area (Å²) in [6, 6.07) is 0. The summed E-state index contributed by atoms with van der Waals surface area (Å²) in [5.74, 6) is 0.526. The summed E-state index contributed by atoms with van der Waals surface area (Å²) in [6.45, 7) is 6.33. The molecule has 0 aromatic heterocycles. The van der Waals surface area contributed by atoms with Crippen molar-refractivity contribution in [2.45, 2.75) is 52.9 Å². The van der Waals surface area contributed by atoms with Crippen LogP contribution in [-0.4, -0.2) is 11.1 Å². The van der Waals surface area contributed by atoms with E-state index in [4.69, 9.17) is 5.11 Å². The Kier molecular flexibility index (Phi) is 3.57. The lowest BCUT2D eigenvalue weighted by atomic mass is 9.94. The van der Waals surface area contributed by atoms with Crippen molar-refractivity contribution in [1.82, 2.24) is 0 Å². The summed E-state index contributed by atoms with van der Waals surface area (Å²) in [5, 5.41) is 8.97. The van der Waals surface area contributed by atoms with Crippen molar-refractivity contribution in [1.29, 1.82) is 0 Å². The number of hydrogen-bond acceptors (Lipinski definition) is 1. The third kappa shape index (κ3) is 2.49. The van der Waals surface area contributed by atoms with E-state index in [2.05, 4.69) is 13.8 Å². The standard InChI is InChI=1S/C12H22O2/c1-4-5-6-9(2)7-10-8-12(10,3)11(13)14/h9-10H,4-8H2,1-3H3,(H,13,14). The summed E-state index contributed by atoms with van der Waals surface area (Å²) in [6.07, 6.45) is 5.76. The average Bonchev–Trinajstić information content (AvgIpc) is 2.75. The highest BCUT2D eigenvalue weighted by Crippen LogP contribution is 2.55. The van der Waals surface area contributed by atoms with Gasteiger partial charge in [-0.15, -0.1) is 0 Å². The van der Waals surface area contributed by atoms with Crippen LogP contribution in [0.4, 0.5) is 0 Å². The normalized spacial score (nSPS) is 32.6. The SMILES string of the molecule is CCCCC(C)CC1CC1(C)C(=O)O. The van der Waals surface area contributed by atoms with Gasteiger partial charge in [-0.05, 0) is 31.6 Å². The fourth-order valence-corrected chi connectivity index (χ4v) is 2.21. The first-order valence-electron chi connectivity index (χ1n) is 5.74. The molecule has 0 aromatic rings. The molecule has 0 aliphatic heterocycles. The van der Waals surface area contributed by atoms with E-state index < -0.39 is 5.97 Å². The second kappa shape index (κ2) is 4.33. The first kappa shape index (κ1) is 11.5. The van der Waals surface area contributed by atoms with Gasteiger partial charge in [-0.1, -0.05) is 33.1 Å². The maximum atomic E-state index is 10.9. The van der Waals surface area contributed by atoms with Crippen molar-refractivity contribution < 1.29 is 9.90 Å². The molecule has 1 rings (SSSR count). The van der Waals surface area contributed by atoms with Gasteiger partial charge >= 0.3 is 5.97 Å². The second-order valence-corrected chi connectivity index (χ2v) is 5.11. The maximum Gasteiger partial charge on any atom is 0.309 e. The first-order valence-corrected chi connectivity index (χ1v) is 5.74. The second-order valence-electron chi connectivity index (χ2n) is 5.11. The minimum atomic E-state index is -0.606. The van der Waals surface area contributed by atoms with Gasteiger partial charge in [0.15, 0.2) is 0 Å². The van der Waals surface area contributed by atoms with Gasteiger partial charge in [0.05, 0.1) is 5.41 Å². The minimum absolute atomic E-state index is 0.388. The lowest BCUT2D eigenvalue weighted by Gasteiger charge is -2.11. The molecule has 0 heterocycles. The Morgan fingerprint density at radius 2 is 2.29 bits per heavy atom. The van der Waals surface area contributed by atoms with Gasteiger partial charge in [0, 0.05) is 0 Å². The van der Waals surface area contributed by atoms with E-state index in [1.165, 1.54) is 19.3 Å². The zero-order valence-electron chi connectivity index (χ0n) is 9.55. The van der Waals surface area contributed by atoms with Gasteiger partial charge in [0.1, 0.15) is 0 Å². The Morgan fingerprint density at radius 3 is 2.71 bits per heavy atom. The van der Waals surface area contributed by atoms with Crippen LogP contribution in [0.15, 0.2) is 0 Å². The van der Waals surface area contributed by atoms with Crippen LogP contribution in [0, 0.1) is 17.3 Å². The van der Waals surface area contributed by atoms with Gasteiger partial charge < -0.3 is 5.11 Å². The molecule has 0 spiro atoms. The van der Waals surface area contributed by atoms with Crippen LogP contribution < -0.4 is 0 Å². The zero-order chi connectivity index (χ0) is 10.8. The molecular formula is C12H22O2. The Morgan fingerprint density at radius 1 is 1.64 bits per heavy atom. The number of rotatable bonds is 6. The number of hydrogen-bond donors (Lipinski definition) is 1. The summed E-state index contributed by atoms with van der Waals surface area (Å²) in [5.41, 5.74) is -0.388. The van der Waals surface area contributed by atoms with Crippen molar-refractivity contribution in [3.63, 3.8) is 0 Å². The van der Waals surface area contributed by atoms with Gasteiger partial charge in [-0.3, -0.25) is 4.79 Å². The number of carbonyl (C=O) groups is 1. The first-order chi connectivity index (χ1) is 6.50. The van der Waals surface area contributed by atoms with Crippen LogP contribution in [0.1, 0.15) is 52.9 Å². The van der Waals surface area contributed by atoms with Gasteiger partial charge in [0.2, 0.25) is 0 Å². The average molecular weight is 198 g/mol. The Hall–Kier alpha value is -0.530. The highest BCUT2D eigenvalue weighted by Gasteiger charge is 2.56. The van der Waals surface area contributed by atoms with Crippen molar-refractivity contribution in [3.05, 3.63) is 0 Å². The molecule has 0 radical (unpaired) electrons. The fraction of sp³-hybridized carbons (Fsp3) is 0.917. The van der Waals surface area contributed by atoms with Crippen LogP contribution in [0.5, 0.6) is 0 Å². The summed E-state index contributed by atoms with van der Waals surface area (Å²) in [4.78, 5) is 10.9. The van der Waals surface area contributed by atoms with Gasteiger partial charge in [0.25, 0.3) is 0 Å². The molecule has 2 nitrogen and oxygen atoms in total. The lowest BCUT2D eigenvalue weighted by molar-refractivity contribution is -0.143. The van der Waals surface area contributed by atoms with Crippen molar-refractivity contribution in [3.8, 4) is 0 Å². The molecule has 3 unspecified atom stereocenters. The molecule has 1 saturated carbocycles. The van der Waals surface area contributed by atoms with Crippen molar-refractivity contribution in [2.24, 2.45) is 17.3 Å². The van der Waals surface area contributed by atoms with Crippen LogP contribution in [0.3, 0.4) is 0 Å². The largest absolute Gasteiger partial charge is 0.481 e. The molecule has 82 valence electrons. The smallest absolute Gasteiger partial charge is 0.309 e. The predicted molar refractivity (Wildman–Crippen MR) is 57.2 cm³/mol. The molecule has 0 saturated heterocycles. The number of carboxylic acids is 1. The molecule has 14 heavy (non-hydrogen) atoms. The topological polar surface area (TPSA) is 37.3 Å². The summed E-state index contributed by atoms with van der Waals surface area (Å²) < 4.78 is 0. The molecule has 2 heteroatoms. The highest BCUT2D eigenvalue weighted by molar-refractivity contribution is 5.78. The third-order valence-corrected chi connectivity index (χ3v) is 3.64. The van der Waals surface area contributed by atoms with Crippen LogP contribution in [0.25, 0.3) is 0 Å². The van der Waals surface area contributed by atoms with Crippen molar-refractivity contribution in [2.75, 3.05) is 0 Å². The molecule has 1 N–H and O–H groups in total. The molecule has 3 atom stereocenters. The predicted octanol–water partition coefficient (Wildman–Crippen LogP) is 3.31. The van der Waals surface area contributed by atoms with E-state index in [0.29, 0.717) is 11.8 Å². The van der Waals surface area contributed by atoms with Crippen LogP contribution in [-0.2, 0) is 4.79 Å². The van der Waals surface area contributed by atoms with E-state index in [0.717, 1.165) is 12.8 Å². The molecule has 0 bridgehead atoms. The lowest BCUT2D eigenvalue weighted by Crippen LogP contribution is -2.14. The Balaban J connectivity index is 2.24. The molecule has 1 fully saturated rings. The molecular weight excluding hydrogens is 176 g/mol. The Labute approximate surface area is 86.7 Å². The molecule has 1 aliphatic carbocycles. The Bertz CT molecular complexity index is 212. The molecule has 0 amide bonds. The van der Waals surface area contributed by atoms with Gasteiger partial charge in [-0.2, -0.15) is 0 Å². The van der Waals surface area contributed by atoms with E-state index in [-0.39, 0.29) is 5.41 Å². The minimum Gasteiger partial charge on any atom is -0.481 e. The fourth-order valence-electron chi connectivity index (χ4n) is 2.21. The van der Waals surface area contributed by atoms with Crippen LogP contribution >= 0.6 is 0 Å². The molecule has 0 aromatic carbocycles. The van der Waals surface area contributed by atoms with E-state index >= 15 is 0 Å². The quantitative estimate of drug-likeness (QED) is 0.711. The molecule has 1 aliphatic rings.